The zero-order valence-electron chi connectivity index (χ0n) is 20.0. The maximum Gasteiger partial charge on any atom is 0.262 e. The van der Waals surface area contributed by atoms with Crippen molar-refractivity contribution in [2.75, 3.05) is 30.8 Å². The summed E-state index contributed by atoms with van der Waals surface area (Å²) >= 11 is 0. The highest BCUT2D eigenvalue weighted by molar-refractivity contribution is 7.93. The number of hydrogen-bond acceptors (Lipinski definition) is 7. The van der Waals surface area contributed by atoms with Gasteiger partial charge in [0, 0.05) is 11.8 Å². The minimum atomic E-state index is -3.98. The molecule has 0 fully saturated rings. The molecule has 0 aromatic heterocycles. The fourth-order valence-corrected chi connectivity index (χ4v) is 5.50. The molecule has 35 heavy (non-hydrogen) atoms. The van der Waals surface area contributed by atoms with Crippen LogP contribution in [0.3, 0.4) is 0 Å². The van der Waals surface area contributed by atoms with E-state index >= 15 is 0 Å². The van der Waals surface area contributed by atoms with E-state index in [1.54, 1.807) is 24.3 Å². The number of methoxy groups -OCH3 is 3. The lowest BCUT2D eigenvalue weighted by Gasteiger charge is -2.15. The fraction of sp³-hybridized carbons (Fsp3) is 0.250. The van der Waals surface area contributed by atoms with Crippen molar-refractivity contribution in [1.29, 1.82) is 0 Å². The summed E-state index contributed by atoms with van der Waals surface area (Å²) in [4.78, 5) is 0.0161. The Hall–Kier alpha value is -3.44. The number of anilines is 2. The Labute approximate surface area is 206 Å². The Morgan fingerprint density at radius 1 is 0.657 bits per heavy atom. The number of sulfonamides is 2. The lowest BCUT2D eigenvalue weighted by atomic mass is 10.0. The van der Waals surface area contributed by atoms with Gasteiger partial charge in [-0.25, -0.2) is 16.8 Å². The molecule has 0 saturated carbocycles. The molecule has 0 aliphatic rings. The van der Waals surface area contributed by atoms with Crippen LogP contribution in [-0.2, 0) is 20.0 Å². The highest BCUT2D eigenvalue weighted by atomic mass is 32.2. The number of hydrogen-bond donors (Lipinski definition) is 2. The molecule has 3 aromatic carbocycles. The third kappa shape index (κ3) is 5.98. The molecule has 3 aromatic rings. The lowest BCUT2D eigenvalue weighted by molar-refractivity contribution is 0.405. The summed E-state index contributed by atoms with van der Waals surface area (Å²) in [7, 11) is -3.47. The molecule has 9 nitrogen and oxygen atoms in total. The van der Waals surface area contributed by atoms with Gasteiger partial charge in [0.05, 0.1) is 36.8 Å². The van der Waals surface area contributed by atoms with E-state index in [0.717, 1.165) is 5.56 Å². The molecule has 0 unspecified atom stereocenters. The Bertz CT molecular complexity index is 1400. The quantitative estimate of drug-likeness (QED) is 0.406. The van der Waals surface area contributed by atoms with E-state index in [1.807, 2.05) is 13.8 Å². The summed E-state index contributed by atoms with van der Waals surface area (Å²) < 4.78 is 72.2. The first-order valence-electron chi connectivity index (χ1n) is 10.6. The molecule has 3 rings (SSSR count). The maximum absolute atomic E-state index is 12.9. The van der Waals surface area contributed by atoms with Crippen molar-refractivity contribution in [3.8, 4) is 17.2 Å². The van der Waals surface area contributed by atoms with Crippen LogP contribution in [0.5, 0.6) is 17.2 Å². The van der Waals surface area contributed by atoms with Crippen LogP contribution in [0.4, 0.5) is 11.4 Å². The van der Waals surface area contributed by atoms with E-state index < -0.39 is 20.0 Å². The second kappa shape index (κ2) is 10.4. The van der Waals surface area contributed by atoms with E-state index in [1.165, 1.54) is 57.7 Å². The van der Waals surface area contributed by atoms with Crippen molar-refractivity contribution < 1.29 is 31.0 Å². The van der Waals surface area contributed by atoms with Gasteiger partial charge in [-0.3, -0.25) is 9.44 Å². The minimum absolute atomic E-state index is 0.0558. The van der Waals surface area contributed by atoms with Gasteiger partial charge in [0.2, 0.25) is 0 Å². The van der Waals surface area contributed by atoms with Crippen LogP contribution >= 0.6 is 0 Å². The predicted molar refractivity (Wildman–Crippen MR) is 135 cm³/mol. The van der Waals surface area contributed by atoms with Crippen LogP contribution < -0.4 is 23.7 Å². The van der Waals surface area contributed by atoms with Gasteiger partial charge in [-0.05, 0) is 66.1 Å². The molecule has 0 heterocycles. The Morgan fingerprint density at radius 2 is 1.23 bits per heavy atom. The summed E-state index contributed by atoms with van der Waals surface area (Å²) in [6.45, 7) is 3.88. The van der Waals surface area contributed by atoms with Gasteiger partial charge in [0.15, 0.2) is 0 Å². The monoisotopic (exact) mass is 520 g/mol. The van der Waals surface area contributed by atoms with E-state index in [9.17, 15) is 16.8 Å². The second-order valence-electron chi connectivity index (χ2n) is 7.86. The number of benzene rings is 3. The zero-order valence-corrected chi connectivity index (χ0v) is 21.7. The summed E-state index contributed by atoms with van der Waals surface area (Å²) in [6, 6.07) is 14.7. The predicted octanol–water partition coefficient (Wildman–Crippen LogP) is 4.44. The van der Waals surface area contributed by atoms with Gasteiger partial charge in [0.25, 0.3) is 20.0 Å². The molecule has 11 heteroatoms. The van der Waals surface area contributed by atoms with Gasteiger partial charge in [-0.2, -0.15) is 0 Å². The average molecular weight is 521 g/mol. The molecule has 0 spiro atoms. The molecule has 2 N–H and O–H groups in total. The number of ether oxygens (including phenoxy) is 3. The van der Waals surface area contributed by atoms with E-state index in [0.29, 0.717) is 17.2 Å². The molecule has 0 aliphatic heterocycles. The van der Waals surface area contributed by atoms with Crippen molar-refractivity contribution in [3.05, 3.63) is 66.2 Å². The Balaban J connectivity index is 1.83. The Kier molecular flexibility index (Phi) is 7.81. The molecule has 0 aliphatic carbocycles. The fourth-order valence-electron chi connectivity index (χ4n) is 3.34. The van der Waals surface area contributed by atoms with Crippen molar-refractivity contribution in [2.45, 2.75) is 29.6 Å². The average Bonchev–Trinajstić information content (AvgIpc) is 2.83. The van der Waals surface area contributed by atoms with Crippen molar-refractivity contribution >= 4 is 31.4 Å². The summed E-state index contributed by atoms with van der Waals surface area (Å²) in [5.74, 6) is 1.43. The molecule has 0 bridgehead atoms. The van der Waals surface area contributed by atoms with Crippen LogP contribution in [0.15, 0.2) is 70.5 Å². The SMILES string of the molecule is COc1ccc(OC)c(NS(=O)(=O)c2ccc(NS(=O)(=O)c3ccc(OC)c(C(C)C)c3)cc2)c1. The van der Waals surface area contributed by atoms with Gasteiger partial charge < -0.3 is 14.2 Å². The maximum atomic E-state index is 12.9. The van der Waals surface area contributed by atoms with Crippen LogP contribution in [0, 0.1) is 0 Å². The van der Waals surface area contributed by atoms with Gasteiger partial charge >= 0.3 is 0 Å². The van der Waals surface area contributed by atoms with Crippen LogP contribution in [-0.4, -0.2) is 38.2 Å². The molecule has 0 amide bonds. The Morgan fingerprint density at radius 3 is 1.80 bits per heavy atom. The van der Waals surface area contributed by atoms with Crippen LogP contribution in [0.1, 0.15) is 25.3 Å². The first-order valence-corrected chi connectivity index (χ1v) is 13.5. The van der Waals surface area contributed by atoms with Crippen LogP contribution in [0.25, 0.3) is 0 Å². The number of rotatable bonds is 10. The molecular weight excluding hydrogens is 492 g/mol. The van der Waals surface area contributed by atoms with Gasteiger partial charge in [0.1, 0.15) is 17.2 Å². The largest absolute Gasteiger partial charge is 0.497 e. The second-order valence-corrected chi connectivity index (χ2v) is 11.2. The normalized spacial score (nSPS) is 11.7. The summed E-state index contributed by atoms with van der Waals surface area (Å²) in [5, 5.41) is 0. The van der Waals surface area contributed by atoms with Crippen molar-refractivity contribution in [2.24, 2.45) is 0 Å². The smallest absolute Gasteiger partial charge is 0.262 e. The van der Waals surface area contributed by atoms with Crippen LogP contribution in [0.2, 0.25) is 0 Å². The van der Waals surface area contributed by atoms with E-state index in [2.05, 4.69) is 9.44 Å². The molecule has 0 radical (unpaired) electrons. The van der Waals surface area contributed by atoms with Crippen molar-refractivity contribution in [1.82, 2.24) is 0 Å². The molecule has 0 atom stereocenters. The topological polar surface area (TPSA) is 120 Å². The highest BCUT2D eigenvalue weighted by Crippen LogP contribution is 2.32. The van der Waals surface area contributed by atoms with Crippen molar-refractivity contribution in [3.63, 3.8) is 0 Å². The number of nitrogens with one attached hydrogen (secondary N) is 2. The van der Waals surface area contributed by atoms with E-state index in [-0.39, 0.29) is 27.1 Å². The zero-order chi connectivity index (χ0) is 25.8. The summed E-state index contributed by atoms with van der Waals surface area (Å²) in [6.07, 6.45) is 0. The third-order valence-corrected chi connectivity index (χ3v) is 7.96. The van der Waals surface area contributed by atoms with Gasteiger partial charge in [-0.15, -0.1) is 0 Å². The lowest BCUT2D eigenvalue weighted by Crippen LogP contribution is -2.15. The molecular formula is C24H28N2O7S2. The highest BCUT2D eigenvalue weighted by Gasteiger charge is 2.20. The molecule has 188 valence electrons. The third-order valence-electron chi connectivity index (χ3n) is 5.20. The standard InChI is InChI=1S/C24H28N2O7S2/c1-16(2)21-15-20(11-13-23(21)32-4)35(29,30)25-17-6-9-19(10-7-17)34(27,28)26-22-14-18(31-3)8-12-24(22)33-5/h6-16,25-26H,1-5H3. The summed E-state index contributed by atoms with van der Waals surface area (Å²) in [5.41, 5.74) is 1.18. The molecule has 0 saturated heterocycles. The minimum Gasteiger partial charge on any atom is -0.497 e. The first kappa shape index (κ1) is 26.2. The first-order chi connectivity index (χ1) is 16.5. The van der Waals surface area contributed by atoms with Gasteiger partial charge in [-0.1, -0.05) is 13.8 Å². The van der Waals surface area contributed by atoms with E-state index in [4.69, 9.17) is 14.2 Å².